The average molecular weight is 451 g/mol. The zero-order valence-corrected chi connectivity index (χ0v) is 18.0. The Morgan fingerprint density at radius 2 is 1.81 bits per heavy atom. The summed E-state index contributed by atoms with van der Waals surface area (Å²) in [6.07, 6.45) is -4.11. The Kier molecular flexibility index (Phi) is 6.27. The van der Waals surface area contributed by atoms with Crippen LogP contribution < -0.4 is 9.47 Å². The summed E-state index contributed by atoms with van der Waals surface area (Å²) in [6.45, 7) is 1.95. The molecular weight excluding hydrogens is 431 g/mol. The van der Waals surface area contributed by atoms with Crippen molar-refractivity contribution in [3.05, 3.63) is 50.8 Å². The van der Waals surface area contributed by atoms with Gasteiger partial charge in [0.2, 0.25) is 5.91 Å². The molecule has 0 bridgehead atoms. The molecule has 0 fully saturated rings. The van der Waals surface area contributed by atoms with E-state index in [9.17, 15) is 23.2 Å². The van der Waals surface area contributed by atoms with Crippen molar-refractivity contribution < 1.29 is 27.4 Å². The van der Waals surface area contributed by atoms with E-state index in [2.05, 4.69) is 0 Å². The largest absolute Gasteiger partial charge is 0.493 e. The summed E-state index contributed by atoms with van der Waals surface area (Å²) < 4.78 is 51.3. The molecule has 1 amide bonds. The molecule has 1 aromatic carbocycles. The number of alkyl halides is 3. The predicted octanol–water partition coefficient (Wildman–Crippen LogP) is 4.02. The predicted molar refractivity (Wildman–Crippen MR) is 108 cm³/mol. The van der Waals surface area contributed by atoms with Crippen molar-refractivity contribution in [3.63, 3.8) is 0 Å². The Labute approximate surface area is 182 Å². The molecule has 1 aromatic heterocycles. The Bertz CT molecular complexity index is 1140. The van der Waals surface area contributed by atoms with Gasteiger partial charge in [0.1, 0.15) is 17.3 Å². The zero-order chi connectivity index (χ0) is 22.9. The molecule has 0 unspecified atom stereocenters. The highest BCUT2D eigenvalue weighted by molar-refractivity contribution is 7.71. The van der Waals surface area contributed by atoms with Crippen molar-refractivity contribution in [2.45, 2.75) is 32.6 Å². The van der Waals surface area contributed by atoms with Crippen LogP contribution in [-0.2, 0) is 30.5 Å². The molecule has 0 saturated carbocycles. The molecular formula is C21H20F3N3O3S. The number of ether oxygens (including phenoxy) is 2. The first kappa shape index (κ1) is 22.6. The van der Waals surface area contributed by atoms with Gasteiger partial charge < -0.3 is 18.9 Å². The Morgan fingerprint density at radius 1 is 1.19 bits per heavy atom. The third-order valence-corrected chi connectivity index (χ3v) is 5.71. The minimum Gasteiger partial charge on any atom is -0.493 e. The molecule has 0 atom stereocenters. The van der Waals surface area contributed by atoms with E-state index >= 15 is 0 Å². The topological polar surface area (TPSA) is 67.5 Å². The summed E-state index contributed by atoms with van der Waals surface area (Å²) >= 11 is 5.12. The van der Waals surface area contributed by atoms with Crippen LogP contribution in [0.2, 0.25) is 0 Å². The standard InChI is InChI=1S/C21H20F3N3O3S/c1-12-6-16(21(22,23)24)15(9-25)20(31)27(12)11-19(28)26-5-4-13-7-17(29-2)18(30-3)8-14(13)10-26/h6-8H,4-5,10-11H2,1-3H3. The summed E-state index contributed by atoms with van der Waals surface area (Å²) in [5, 5.41) is 9.21. The maximum absolute atomic E-state index is 13.2. The van der Waals surface area contributed by atoms with E-state index in [1.54, 1.807) is 12.0 Å². The number of nitriles is 1. The number of benzene rings is 1. The normalized spacial score (nSPS) is 13.4. The van der Waals surface area contributed by atoms with E-state index in [4.69, 9.17) is 21.7 Å². The lowest BCUT2D eigenvalue weighted by atomic mass is 9.98. The van der Waals surface area contributed by atoms with Crippen LogP contribution in [-0.4, -0.2) is 36.1 Å². The van der Waals surface area contributed by atoms with Crippen LogP contribution in [0, 0.1) is 22.9 Å². The lowest BCUT2D eigenvalue weighted by Crippen LogP contribution is -2.38. The number of hydrogen-bond acceptors (Lipinski definition) is 5. The van der Waals surface area contributed by atoms with Crippen molar-refractivity contribution in [2.24, 2.45) is 0 Å². The van der Waals surface area contributed by atoms with Crippen LogP contribution in [0.3, 0.4) is 0 Å². The van der Waals surface area contributed by atoms with Gasteiger partial charge in [-0.1, -0.05) is 12.2 Å². The van der Waals surface area contributed by atoms with Gasteiger partial charge in [-0.3, -0.25) is 4.79 Å². The molecule has 6 nitrogen and oxygen atoms in total. The SMILES string of the molecule is COc1cc2c(cc1OC)CN(C(=O)Cn1c(C)cc(C(F)(F)F)c(C#N)c1=S)CC2. The second-order valence-electron chi connectivity index (χ2n) is 7.12. The van der Waals surface area contributed by atoms with Crippen molar-refractivity contribution in [1.82, 2.24) is 9.47 Å². The fourth-order valence-electron chi connectivity index (χ4n) is 3.63. The summed E-state index contributed by atoms with van der Waals surface area (Å²) in [6, 6.07) is 6.08. The van der Waals surface area contributed by atoms with E-state index in [1.807, 2.05) is 12.1 Å². The molecule has 3 rings (SSSR count). The lowest BCUT2D eigenvalue weighted by Gasteiger charge is -2.30. The molecule has 2 aromatic rings. The molecule has 31 heavy (non-hydrogen) atoms. The molecule has 1 aliphatic rings. The molecule has 0 saturated heterocycles. The highest BCUT2D eigenvalue weighted by atomic mass is 32.1. The third kappa shape index (κ3) is 4.37. The minimum absolute atomic E-state index is 0.161. The van der Waals surface area contributed by atoms with Gasteiger partial charge in [0.25, 0.3) is 0 Å². The number of halogens is 3. The van der Waals surface area contributed by atoms with Gasteiger partial charge in [-0.25, -0.2) is 0 Å². The van der Waals surface area contributed by atoms with Crippen LogP contribution in [0.1, 0.15) is 27.9 Å². The number of methoxy groups -OCH3 is 2. The number of carbonyl (C=O) groups excluding carboxylic acids is 1. The molecule has 2 heterocycles. The van der Waals surface area contributed by atoms with Gasteiger partial charge in [0.15, 0.2) is 11.5 Å². The molecule has 164 valence electrons. The average Bonchev–Trinajstić information content (AvgIpc) is 2.73. The number of carbonyl (C=O) groups is 1. The number of fused-ring (bicyclic) bond motifs is 1. The summed E-state index contributed by atoms with van der Waals surface area (Å²) in [7, 11) is 3.08. The van der Waals surface area contributed by atoms with Gasteiger partial charge in [-0.2, -0.15) is 18.4 Å². The van der Waals surface area contributed by atoms with Crippen molar-refractivity contribution in [1.29, 1.82) is 5.26 Å². The van der Waals surface area contributed by atoms with Crippen LogP contribution in [0.15, 0.2) is 18.2 Å². The molecule has 10 heteroatoms. The van der Waals surface area contributed by atoms with Gasteiger partial charge in [0, 0.05) is 18.8 Å². The Morgan fingerprint density at radius 3 is 2.35 bits per heavy atom. The van der Waals surface area contributed by atoms with Gasteiger partial charge in [0.05, 0.1) is 25.3 Å². The second-order valence-corrected chi connectivity index (χ2v) is 7.50. The van der Waals surface area contributed by atoms with E-state index in [-0.39, 0.29) is 22.8 Å². The van der Waals surface area contributed by atoms with Crippen molar-refractivity contribution in [2.75, 3.05) is 20.8 Å². The smallest absolute Gasteiger partial charge is 0.417 e. The first-order chi connectivity index (χ1) is 14.6. The number of rotatable bonds is 4. The third-order valence-electron chi connectivity index (χ3n) is 5.29. The molecule has 0 radical (unpaired) electrons. The highest BCUT2D eigenvalue weighted by Crippen LogP contribution is 2.34. The maximum atomic E-state index is 13.2. The zero-order valence-electron chi connectivity index (χ0n) is 17.2. The number of aryl methyl sites for hydroxylation is 1. The number of pyridine rings is 1. The van der Waals surface area contributed by atoms with Gasteiger partial charge in [-0.15, -0.1) is 0 Å². The van der Waals surface area contributed by atoms with Crippen LogP contribution in [0.5, 0.6) is 11.5 Å². The van der Waals surface area contributed by atoms with Crippen LogP contribution in [0.25, 0.3) is 0 Å². The van der Waals surface area contributed by atoms with Gasteiger partial charge >= 0.3 is 6.18 Å². The fraction of sp³-hybridized carbons (Fsp3) is 0.381. The number of nitrogens with zero attached hydrogens (tertiary/aromatic N) is 3. The summed E-state index contributed by atoms with van der Waals surface area (Å²) in [5.74, 6) is 0.857. The first-order valence-electron chi connectivity index (χ1n) is 9.34. The highest BCUT2D eigenvalue weighted by Gasteiger charge is 2.35. The fourth-order valence-corrected chi connectivity index (χ4v) is 3.99. The molecule has 1 aliphatic heterocycles. The minimum atomic E-state index is -4.71. The second kappa shape index (κ2) is 8.59. The van der Waals surface area contributed by atoms with Crippen molar-refractivity contribution in [3.8, 4) is 17.6 Å². The van der Waals surface area contributed by atoms with Crippen LogP contribution >= 0.6 is 12.2 Å². The summed E-state index contributed by atoms with van der Waals surface area (Å²) in [5.41, 5.74) is 0.364. The quantitative estimate of drug-likeness (QED) is 0.657. The summed E-state index contributed by atoms with van der Waals surface area (Å²) in [4.78, 5) is 14.5. The molecule has 0 spiro atoms. The lowest BCUT2D eigenvalue weighted by molar-refractivity contribution is -0.138. The number of amides is 1. The molecule has 0 N–H and O–H groups in total. The number of hydrogen-bond donors (Lipinski definition) is 0. The van der Waals surface area contributed by atoms with E-state index in [0.29, 0.717) is 31.0 Å². The van der Waals surface area contributed by atoms with Crippen LogP contribution in [0.4, 0.5) is 13.2 Å². The van der Waals surface area contributed by atoms with E-state index < -0.39 is 17.3 Å². The Hall–Kier alpha value is -3.06. The monoisotopic (exact) mass is 451 g/mol. The maximum Gasteiger partial charge on any atom is 0.417 e. The van der Waals surface area contributed by atoms with Gasteiger partial charge in [-0.05, 0) is 42.7 Å². The first-order valence-corrected chi connectivity index (χ1v) is 9.74. The Balaban J connectivity index is 1.88. The van der Waals surface area contributed by atoms with E-state index in [0.717, 1.165) is 17.2 Å². The van der Waals surface area contributed by atoms with E-state index in [1.165, 1.54) is 24.7 Å². The van der Waals surface area contributed by atoms with Crippen molar-refractivity contribution >= 4 is 18.1 Å². The molecule has 0 aliphatic carbocycles. The number of aromatic nitrogens is 1.